The molecule has 0 amide bonds. The van der Waals surface area contributed by atoms with E-state index in [9.17, 15) is 0 Å². The molecule has 4 rings (SSSR count). The molecule has 0 atom stereocenters. The van der Waals surface area contributed by atoms with E-state index < -0.39 is 0 Å². The van der Waals surface area contributed by atoms with Gasteiger partial charge in [-0.2, -0.15) is 0 Å². The first-order chi connectivity index (χ1) is 12.3. The van der Waals surface area contributed by atoms with Crippen LogP contribution in [0.3, 0.4) is 0 Å². The lowest BCUT2D eigenvalue weighted by atomic mass is 10.2. The molecule has 6 nitrogen and oxygen atoms in total. The first kappa shape index (κ1) is 16.3. The van der Waals surface area contributed by atoms with E-state index in [0.717, 1.165) is 10.7 Å². The minimum atomic E-state index is 0.547. The molecular weight excluding hydrogens is 378 g/mol. The minimum absolute atomic E-state index is 0.547. The van der Waals surface area contributed by atoms with E-state index in [2.05, 4.69) is 26.6 Å². The molecule has 1 aromatic carbocycles. The second-order valence-corrected chi connectivity index (χ2v) is 7.53. The van der Waals surface area contributed by atoms with Crippen LogP contribution in [0.5, 0.6) is 0 Å². The second kappa shape index (κ2) is 7.38. The lowest BCUT2D eigenvalue weighted by Gasteiger charge is -2.01. The molecule has 0 bridgehead atoms. The molecule has 0 saturated heterocycles. The van der Waals surface area contributed by atoms with Gasteiger partial charge in [-0.25, -0.2) is 9.67 Å². The molecule has 9 heteroatoms. The Labute approximate surface area is 156 Å². The van der Waals surface area contributed by atoms with Gasteiger partial charge < -0.3 is 4.42 Å². The topological polar surface area (TPSA) is 69.6 Å². The van der Waals surface area contributed by atoms with Crippen molar-refractivity contribution >= 4 is 34.7 Å². The molecule has 0 aliphatic heterocycles. The standard InChI is InChI=1S/C16H12ClN5OS2/c17-12-4-1-3-11(7-12)14-8-18-15(23-14)10-25-16-19-20-21-22(16)9-13-5-2-6-24-13/h1-8H,9-10H2. The number of tetrazole rings is 1. The van der Waals surface area contributed by atoms with Gasteiger partial charge in [0.2, 0.25) is 11.0 Å². The summed E-state index contributed by atoms with van der Waals surface area (Å²) in [7, 11) is 0. The highest BCUT2D eigenvalue weighted by Gasteiger charge is 2.12. The number of halogens is 1. The number of thiophene rings is 1. The van der Waals surface area contributed by atoms with Crippen LogP contribution in [0.25, 0.3) is 11.3 Å². The summed E-state index contributed by atoms with van der Waals surface area (Å²) in [6, 6.07) is 11.6. The Balaban J connectivity index is 1.43. The maximum Gasteiger partial charge on any atom is 0.210 e. The number of hydrogen-bond donors (Lipinski definition) is 0. The molecule has 0 N–H and O–H groups in total. The minimum Gasteiger partial charge on any atom is -0.440 e. The van der Waals surface area contributed by atoms with Crippen molar-refractivity contribution in [3.05, 3.63) is 63.8 Å². The third-order valence-corrected chi connectivity index (χ3v) is 5.41. The average molecular weight is 390 g/mol. The van der Waals surface area contributed by atoms with Crippen LogP contribution in [0.1, 0.15) is 10.8 Å². The average Bonchev–Trinajstić information content (AvgIpc) is 3.36. The van der Waals surface area contributed by atoms with Gasteiger partial charge in [-0.15, -0.1) is 16.4 Å². The number of rotatable bonds is 6. The summed E-state index contributed by atoms with van der Waals surface area (Å²) in [5.74, 6) is 1.85. The summed E-state index contributed by atoms with van der Waals surface area (Å²) < 4.78 is 7.58. The van der Waals surface area contributed by atoms with E-state index in [1.807, 2.05) is 35.7 Å². The molecule has 126 valence electrons. The Kier molecular flexibility index (Phi) is 4.82. The summed E-state index contributed by atoms with van der Waals surface area (Å²) in [6.07, 6.45) is 1.70. The van der Waals surface area contributed by atoms with Crippen LogP contribution >= 0.6 is 34.7 Å². The zero-order chi connectivity index (χ0) is 17.1. The van der Waals surface area contributed by atoms with Crippen LogP contribution in [0.15, 0.2) is 57.5 Å². The Morgan fingerprint density at radius 2 is 2.20 bits per heavy atom. The quantitative estimate of drug-likeness (QED) is 0.456. The Hall–Kier alpha value is -2.16. The fraction of sp³-hybridized carbons (Fsp3) is 0.125. The zero-order valence-electron chi connectivity index (χ0n) is 12.9. The molecule has 0 radical (unpaired) electrons. The summed E-state index contributed by atoms with van der Waals surface area (Å²) in [4.78, 5) is 5.52. The predicted octanol–water partition coefficient (Wildman–Crippen LogP) is 4.38. The Morgan fingerprint density at radius 1 is 1.24 bits per heavy atom. The van der Waals surface area contributed by atoms with Crippen molar-refractivity contribution in [1.29, 1.82) is 0 Å². The first-order valence-corrected chi connectivity index (χ1v) is 9.64. The lowest BCUT2D eigenvalue weighted by molar-refractivity contribution is 0.529. The van der Waals surface area contributed by atoms with Crippen LogP contribution in [-0.4, -0.2) is 25.2 Å². The van der Waals surface area contributed by atoms with Gasteiger partial charge in [-0.3, -0.25) is 0 Å². The summed E-state index contributed by atoms with van der Waals surface area (Å²) in [5.41, 5.74) is 0.902. The van der Waals surface area contributed by atoms with Crippen LogP contribution in [0.2, 0.25) is 5.02 Å². The largest absolute Gasteiger partial charge is 0.440 e. The maximum atomic E-state index is 6.02. The Bertz CT molecular complexity index is 967. The van der Waals surface area contributed by atoms with Crippen molar-refractivity contribution in [2.75, 3.05) is 0 Å². The van der Waals surface area contributed by atoms with Crippen molar-refractivity contribution in [3.63, 3.8) is 0 Å². The third-order valence-electron chi connectivity index (χ3n) is 3.37. The van der Waals surface area contributed by atoms with Crippen molar-refractivity contribution in [3.8, 4) is 11.3 Å². The van der Waals surface area contributed by atoms with Crippen molar-refractivity contribution < 1.29 is 4.42 Å². The number of thioether (sulfide) groups is 1. The number of nitrogens with zero attached hydrogens (tertiary/aromatic N) is 5. The van der Waals surface area contributed by atoms with Gasteiger partial charge in [0.05, 0.1) is 18.5 Å². The monoisotopic (exact) mass is 389 g/mol. The summed E-state index contributed by atoms with van der Waals surface area (Å²) in [6.45, 7) is 0.659. The molecule has 0 saturated carbocycles. The van der Waals surface area contributed by atoms with Gasteiger partial charge in [0.15, 0.2) is 5.76 Å². The number of benzene rings is 1. The smallest absolute Gasteiger partial charge is 0.210 e. The first-order valence-electron chi connectivity index (χ1n) is 7.40. The van der Waals surface area contributed by atoms with Gasteiger partial charge in [-0.05, 0) is 34.0 Å². The van der Waals surface area contributed by atoms with Crippen LogP contribution in [0, 0.1) is 0 Å². The highest BCUT2D eigenvalue weighted by atomic mass is 35.5. The summed E-state index contributed by atoms with van der Waals surface area (Å²) >= 11 is 9.18. The molecule has 0 spiro atoms. The molecule has 0 aliphatic rings. The van der Waals surface area contributed by atoms with E-state index in [-0.39, 0.29) is 0 Å². The summed E-state index contributed by atoms with van der Waals surface area (Å²) in [5, 5.41) is 15.3. The van der Waals surface area contributed by atoms with E-state index >= 15 is 0 Å². The van der Waals surface area contributed by atoms with Crippen LogP contribution in [-0.2, 0) is 12.3 Å². The molecule has 0 fully saturated rings. The maximum absolute atomic E-state index is 6.02. The highest BCUT2D eigenvalue weighted by molar-refractivity contribution is 7.98. The second-order valence-electron chi connectivity index (χ2n) is 5.12. The van der Waals surface area contributed by atoms with E-state index in [1.165, 1.54) is 16.6 Å². The van der Waals surface area contributed by atoms with Crippen LogP contribution in [0.4, 0.5) is 0 Å². The van der Waals surface area contributed by atoms with Gasteiger partial charge in [0.1, 0.15) is 0 Å². The normalized spacial score (nSPS) is 11.1. The Morgan fingerprint density at radius 3 is 3.04 bits per heavy atom. The van der Waals surface area contributed by atoms with E-state index in [1.54, 1.807) is 22.2 Å². The zero-order valence-corrected chi connectivity index (χ0v) is 15.3. The van der Waals surface area contributed by atoms with E-state index in [0.29, 0.717) is 29.0 Å². The molecular formula is C16H12ClN5OS2. The number of hydrogen-bond acceptors (Lipinski definition) is 7. The van der Waals surface area contributed by atoms with Crippen LogP contribution < -0.4 is 0 Å². The third kappa shape index (κ3) is 3.92. The van der Waals surface area contributed by atoms with E-state index in [4.69, 9.17) is 16.0 Å². The molecule has 0 unspecified atom stereocenters. The molecule has 3 aromatic heterocycles. The fourth-order valence-corrected chi connectivity index (χ4v) is 3.83. The number of oxazole rings is 1. The van der Waals surface area contributed by atoms with Crippen molar-refractivity contribution in [2.45, 2.75) is 17.5 Å². The van der Waals surface area contributed by atoms with Crippen molar-refractivity contribution in [1.82, 2.24) is 25.2 Å². The van der Waals surface area contributed by atoms with Crippen molar-refractivity contribution in [2.24, 2.45) is 0 Å². The molecule has 25 heavy (non-hydrogen) atoms. The molecule has 4 aromatic rings. The van der Waals surface area contributed by atoms with Gasteiger partial charge >= 0.3 is 0 Å². The SMILES string of the molecule is Clc1cccc(-c2cnc(CSc3nnnn3Cc3cccs3)o2)c1. The predicted molar refractivity (Wildman–Crippen MR) is 97.7 cm³/mol. The number of aromatic nitrogens is 5. The highest BCUT2D eigenvalue weighted by Crippen LogP contribution is 2.26. The molecule has 3 heterocycles. The fourth-order valence-electron chi connectivity index (χ4n) is 2.23. The van der Waals surface area contributed by atoms with Gasteiger partial charge in [0.25, 0.3) is 0 Å². The lowest BCUT2D eigenvalue weighted by Crippen LogP contribution is -2.02. The van der Waals surface area contributed by atoms with Gasteiger partial charge in [-0.1, -0.05) is 41.6 Å². The van der Waals surface area contributed by atoms with Gasteiger partial charge in [0, 0.05) is 15.5 Å². The molecule has 0 aliphatic carbocycles.